The maximum Gasteiger partial charge on any atom is 0.187 e. The van der Waals surface area contributed by atoms with Crippen molar-refractivity contribution in [2.24, 2.45) is 0 Å². The Morgan fingerprint density at radius 2 is 1.97 bits per heavy atom. The van der Waals surface area contributed by atoms with Gasteiger partial charge in [0, 0.05) is 42.8 Å². The molecule has 1 saturated carbocycles. The molecule has 6 nitrogen and oxygen atoms in total. The van der Waals surface area contributed by atoms with Gasteiger partial charge in [-0.05, 0) is 61.4 Å². The van der Waals surface area contributed by atoms with E-state index in [-0.39, 0.29) is 0 Å². The van der Waals surface area contributed by atoms with Gasteiger partial charge in [-0.2, -0.15) is 0 Å². The third kappa shape index (κ3) is 2.89. The number of pyridine rings is 2. The lowest BCUT2D eigenvalue weighted by Gasteiger charge is -2.33. The average molecular weight is 411 g/mol. The Balaban J connectivity index is 1.28. The maximum absolute atomic E-state index is 4.98. The lowest BCUT2D eigenvalue weighted by molar-refractivity contribution is 0.170. The van der Waals surface area contributed by atoms with Gasteiger partial charge in [0.2, 0.25) is 0 Å². The normalized spacial score (nSPS) is 24.4. The van der Waals surface area contributed by atoms with E-state index in [0.717, 1.165) is 41.7 Å². The largest absolute Gasteiger partial charge is 0.311 e. The lowest BCUT2D eigenvalue weighted by atomic mass is 10.1. The van der Waals surface area contributed by atoms with E-state index in [4.69, 9.17) is 4.98 Å². The number of nitrogens with one attached hydrogen (secondary N) is 1. The number of aromatic nitrogens is 4. The van der Waals surface area contributed by atoms with Gasteiger partial charge in [0.1, 0.15) is 5.69 Å². The molecule has 2 saturated heterocycles. The first kappa shape index (κ1) is 17.8. The molecule has 156 valence electrons. The highest BCUT2D eigenvalue weighted by molar-refractivity contribution is 5.82. The molecule has 0 spiro atoms. The Labute approximate surface area is 181 Å². The number of likely N-dealkylation sites (tertiary alicyclic amines) is 1. The molecular formula is C25H26N6. The van der Waals surface area contributed by atoms with Crippen LogP contribution in [0.4, 0.5) is 0 Å². The van der Waals surface area contributed by atoms with E-state index in [9.17, 15) is 0 Å². The molecule has 3 aliphatic rings. The third-order valence-electron chi connectivity index (χ3n) is 7.50. The monoisotopic (exact) mass is 410 g/mol. The van der Waals surface area contributed by atoms with Crippen LogP contribution in [0.3, 0.4) is 0 Å². The van der Waals surface area contributed by atoms with E-state index < -0.39 is 0 Å². The van der Waals surface area contributed by atoms with Gasteiger partial charge in [-0.15, -0.1) is 10.2 Å². The Morgan fingerprint density at radius 3 is 2.77 bits per heavy atom. The molecule has 31 heavy (non-hydrogen) atoms. The Bertz CT molecular complexity index is 1310. The topological polar surface area (TPSA) is 58.4 Å². The standard InChI is InChI=1S/C25H26N6/c1-15(30-14-20-11-21(30)12-26-20)19-7-9-24-28-29-25(31(24)13-19)22-8-6-17-4-5-18(16-2-3-16)10-23(17)27-22/h4-10,13,15-16,20-21,26H,2-3,11-12,14H2,1H3/t15-,20+,21+/m1/s1. The van der Waals surface area contributed by atoms with Crippen molar-refractivity contribution in [2.75, 3.05) is 13.1 Å². The Morgan fingerprint density at radius 1 is 1.06 bits per heavy atom. The highest BCUT2D eigenvalue weighted by Gasteiger charge is 2.40. The molecule has 3 atom stereocenters. The predicted molar refractivity (Wildman–Crippen MR) is 121 cm³/mol. The minimum absolute atomic E-state index is 0.377. The molecule has 3 aromatic heterocycles. The van der Waals surface area contributed by atoms with Crippen LogP contribution in [0.2, 0.25) is 0 Å². The summed E-state index contributed by atoms with van der Waals surface area (Å²) in [4.78, 5) is 7.62. The summed E-state index contributed by atoms with van der Waals surface area (Å²) in [6.07, 6.45) is 6.08. The number of fused-ring (bicyclic) bond motifs is 4. The minimum atomic E-state index is 0.377. The summed E-state index contributed by atoms with van der Waals surface area (Å²) in [7, 11) is 0. The minimum Gasteiger partial charge on any atom is -0.311 e. The van der Waals surface area contributed by atoms with Crippen molar-refractivity contribution in [3.05, 3.63) is 59.8 Å². The van der Waals surface area contributed by atoms with E-state index in [0.29, 0.717) is 18.1 Å². The molecule has 5 heterocycles. The summed E-state index contributed by atoms with van der Waals surface area (Å²) >= 11 is 0. The van der Waals surface area contributed by atoms with Gasteiger partial charge in [-0.3, -0.25) is 9.30 Å². The van der Waals surface area contributed by atoms with Gasteiger partial charge >= 0.3 is 0 Å². The van der Waals surface area contributed by atoms with Gasteiger partial charge in [-0.25, -0.2) is 4.98 Å². The highest BCUT2D eigenvalue weighted by Crippen LogP contribution is 2.41. The van der Waals surface area contributed by atoms with Crippen molar-refractivity contribution < 1.29 is 0 Å². The van der Waals surface area contributed by atoms with Gasteiger partial charge in [0.05, 0.1) is 5.52 Å². The molecule has 1 aliphatic carbocycles. The van der Waals surface area contributed by atoms with Crippen molar-refractivity contribution in [1.82, 2.24) is 29.8 Å². The quantitative estimate of drug-likeness (QED) is 0.552. The summed E-state index contributed by atoms with van der Waals surface area (Å²) in [6.45, 7) is 4.56. The van der Waals surface area contributed by atoms with Gasteiger partial charge in [0.25, 0.3) is 0 Å². The lowest BCUT2D eigenvalue weighted by Crippen LogP contribution is -2.44. The van der Waals surface area contributed by atoms with E-state index in [1.54, 1.807) is 0 Å². The highest BCUT2D eigenvalue weighted by atomic mass is 15.3. The summed E-state index contributed by atoms with van der Waals surface area (Å²) < 4.78 is 2.11. The maximum atomic E-state index is 4.98. The zero-order valence-electron chi connectivity index (χ0n) is 17.7. The van der Waals surface area contributed by atoms with Crippen LogP contribution in [-0.2, 0) is 0 Å². The smallest absolute Gasteiger partial charge is 0.187 e. The SMILES string of the molecule is C[C@H](c1ccc2nnc(-c3ccc4ccc(C5CC5)cc4n3)n2c1)N1C[C@@H]2C[C@H]1CN2. The van der Waals surface area contributed by atoms with Crippen molar-refractivity contribution in [2.45, 2.75) is 50.2 Å². The molecule has 6 heteroatoms. The number of hydrogen-bond acceptors (Lipinski definition) is 5. The Kier molecular flexibility index (Phi) is 3.78. The second-order valence-corrected chi connectivity index (χ2v) is 9.50. The molecule has 3 fully saturated rings. The molecule has 0 unspecified atom stereocenters. The summed E-state index contributed by atoms with van der Waals surface area (Å²) in [5, 5.41) is 13.7. The average Bonchev–Trinajstić information content (AvgIpc) is 3.23. The van der Waals surface area contributed by atoms with Crippen LogP contribution in [0.5, 0.6) is 0 Å². The van der Waals surface area contributed by atoms with E-state index in [2.05, 4.69) is 80.4 Å². The number of rotatable bonds is 4. The molecule has 2 bridgehead atoms. The molecule has 4 aromatic rings. The molecule has 1 N–H and O–H groups in total. The van der Waals surface area contributed by atoms with Crippen molar-refractivity contribution in [1.29, 1.82) is 0 Å². The summed E-state index contributed by atoms with van der Waals surface area (Å²) in [5.74, 6) is 1.54. The van der Waals surface area contributed by atoms with Crippen LogP contribution < -0.4 is 5.32 Å². The molecule has 1 aromatic carbocycles. The number of piperazine rings is 1. The first-order valence-electron chi connectivity index (χ1n) is 11.5. The van der Waals surface area contributed by atoms with Crippen LogP contribution in [0.1, 0.15) is 49.3 Å². The number of benzene rings is 1. The van der Waals surface area contributed by atoms with Crippen LogP contribution in [0, 0.1) is 0 Å². The van der Waals surface area contributed by atoms with E-state index >= 15 is 0 Å². The number of hydrogen-bond donors (Lipinski definition) is 1. The first-order valence-corrected chi connectivity index (χ1v) is 11.5. The number of nitrogens with zero attached hydrogens (tertiary/aromatic N) is 5. The molecular weight excluding hydrogens is 384 g/mol. The fourth-order valence-corrected chi connectivity index (χ4v) is 5.52. The molecule has 7 rings (SSSR count). The van der Waals surface area contributed by atoms with E-state index in [1.165, 1.54) is 35.8 Å². The fourth-order valence-electron chi connectivity index (χ4n) is 5.52. The zero-order valence-corrected chi connectivity index (χ0v) is 17.7. The predicted octanol–water partition coefficient (Wildman–Crippen LogP) is 3.93. The molecule has 0 radical (unpaired) electrons. The summed E-state index contributed by atoms with van der Waals surface area (Å²) in [5.41, 5.74) is 5.50. The van der Waals surface area contributed by atoms with Crippen LogP contribution in [0.25, 0.3) is 28.1 Å². The molecule has 0 amide bonds. The fraction of sp³-hybridized carbons (Fsp3) is 0.400. The zero-order chi connectivity index (χ0) is 20.5. The molecule has 2 aliphatic heterocycles. The van der Waals surface area contributed by atoms with Crippen LogP contribution in [0.15, 0.2) is 48.7 Å². The second-order valence-electron chi connectivity index (χ2n) is 9.50. The van der Waals surface area contributed by atoms with Crippen LogP contribution in [-0.4, -0.2) is 49.7 Å². The van der Waals surface area contributed by atoms with Crippen molar-refractivity contribution in [3.63, 3.8) is 0 Å². The second kappa shape index (κ2) is 6.58. The third-order valence-corrected chi connectivity index (χ3v) is 7.50. The van der Waals surface area contributed by atoms with Crippen molar-refractivity contribution >= 4 is 16.6 Å². The van der Waals surface area contributed by atoms with Gasteiger partial charge in [0.15, 0.2) is 11.5 Å². The van der Waals surface area contributed by atoms with Gasteiger partial charge < -0.3 is 5.32 Å². The van der Waals surface area contributed by atoms with Gasteiger partial charge in [-0.1, -0.05) is 24.3 Å². The Hall–Kier alpha value is -2.83. The van der Waals surface area contributed by atoms with Crippen molar-refractivity contribution in [3.8, 4) is 11.5 Å². The summed E-state index contributed by atoms with van der Waals surface area (Å²) in [6, 6.07) is 16.9. The van der Waals surface area contributed by atoms with E-state index in [1.807, 2.05) is 0 Å². The van der Waals surface area contributed by atoms with Crippen LogP contribution >= 0.6 is 0 Å². The first-order chi connectivity index (χ1) is 15.2.